The Morgan fingerprint density at radius 1 is 1.38 bits per heavy atom. The molecule has 2 heterocycles. The Morgan fingerprint density at radius 3 is 3.00 bits per heavy atom. The van der Waals surface area contributed by atoms with Gasteiger partial charge >= 0.3 is 0 Å². The lowest BCUT2D eigenvalue weighted by Crippen LogP contribution is -1.78. The van der Waals surface area contributed by atoms with Gasteiger partial charge < -0.3 is 5.11 Å². The van der Waals surface area contributed by atoms with Crippen molar-refractivity contribution in [2.75, 3.05) is 0 Å². The van der Waals surface area contributed by atoms with E-state index >= 15 is 0 Å². The monoisotopic (exact) mass is 295 g/mol. The number of halogens is 1. The van der Waals surface area contributed by atoms with Crippen LogP contribution in [0.3, 0.4) is 0 Å². The molecule has 1 aromatic carbocycles. The highest BCUT2D eigenvalue weighted by molar-refractivity contribution is 9.11. The van der Waals surface area contributed by atoms with Crippen molar-refractivity contribution in [3.05, 3.63) is 34.4 Å². The molecule has 3 rings (SSSR count). The molecule has 3 aromatic rings. The van der Waals surface area contributed by atoms with Gasteiger partial charge in [0, 0.05) is 5.56 Å². The molecule has 0 amide bonds. The topological polar surface area (TPSA) is 50.4 Å². The number of aromatic hydroxyl groups is 1. The number of hydrogen-bond acceptors (Lipinski definition) is 4. The molecule has 80 valence electrons. The summed E-state index contributed by atoms with van der Waals surface area (Å²) >= 11 is 4.77. The molecular formula is C10H6BrN3OS. The van der Waals surface area contributed by atoms with E-state index in [0.29, 0.717) is 0 Å². The highest BCUT2D eigenvalue weighted by atomic mass is 79.9. The van der Waals surface area contributed by atoms with E-state index in [1.165, 1.54) is 11.3 Å². The zero-order valence-corrected chi connectivity index (χ0v) is 10.4. The average molecular weight is 296 g/mol. The third-order valence-corrected chi connectivity index (χ3v) is 3.52. The Morgan fingerprint density at radius 2 is 2.25 bits per heavy atom. The summed E-state index contributed by atoms with van der Waals surface area (Å²) < 4.78 is 2.52. The molecule has 0 aliphatic heterocycles. The van der Waals surface area contributed by atoms with Crippen molar-refractivity contribution in [3.63, 3.8) is 0 Å². The molecule has 0 aliphatic rings. The Bertz CT molecular complexity index is 629. The molecule has 0 spiro atoms. The number of benzene rings is 1. The zero-order valence-electron chi connectivity index (χ0n) is 7.96. The van der Waals surface area contributed by atoms with Gasteiger partial charge in [-0.15, -0.1) is 5.10 Å². The van der Waals surface area contributed by atoms with E-state index in [-0.39, 0.29) is 5.75 Å². The van der Waals surface area contributed by atoms with Gasteiger partial charge in [0.05, 0.1) is 11.9 Å². The van der Waals surface area contributed by atoms with Gasteiger partial charge in [-0.05, 0) is 28.1 Å². The maximum absolute atomic E-state index is 9.39. The fourth-order valence-corrected chi connectivity index (χ4v) is 2.70. The number of phenolic OH excluding ortho intramolecular Hbond substituents is 1. The number of imidazole rings is 1. The minimum absolute atomic E-state index is 0.239. The predicted molar refractivity (Wildman–Crippen MR) is 65.7 cm³/mol. The average Bonchev–Trinajstić information content (AvgIpc) is 2.74. The second-order valence-corrected chi connectivity index (χ2v) is 5.49. The maximum Gasteiger partial charge on any atom is 0.213 e. The zero-order chi connectivity index (χ0) is 11.1. The van der Waals surface area contributed by atoms with Crippen LogP contribution in [-0.4, -0.2) is 19.7 Å². The summed E-state index contributed by atoms with van der Waals surface area (Å²) in [5.41, 5.74) is 1.69. The minimum atomic E-state index is 0.239. The van der Waals surface area contributed by atoms with E-state index in [0.717, 1.165) is 20.1 Å². The molecular weight excluding hydrogens is 290 g/mol. The summed E-state index contributed by atoms with van der Waals surface area (Å²) in [7, 11) is 0. The number of nitrogens with zero attached hydrogens (tertiary/aromatic N) is 3. The molecule has 0 atom stereocenters. The number of aromatic nitrogens is 3. The third-order valence-electron chi connectivity index (χ3n) is 2.16. The molecule has 0 unspecified atom stereocenters. The first-order chi connectivity index (χ1) is 7.72. The van der Waals surface area contributed by atoms with Gasteiger partial charge in [0.1, 0.15) is 5.75 Å². The lowest BCUT2D eigenvalue weighted by atomic mass is 10.2. The summed E-state index contributed by atoms with van der Waals surface area (Å²) in [4.78, 5) is 5.25. The van der Waals surface area contributed by atoms with E-state index in [1.807, 2.05) is 12.3 Å². The summed E-state index contributed by atoms with van der Waals surface area (Å²) in [6, 6.07) is 7.01. The van der Waals surface area contributed by atoms with E-state index < -0.39 is 0 Å². The second-order valence-electron chi connectivity index (χ2n) is 3.26. The van der Waals surface area contributed by atoms with Gasteiger partial charge in [-0.1, -0.05) is 23.5 Å². The van der Waals surface area contributed by atoms with Crippen molar-refractivity contribution >= 4 is 32.2 Å². The highest BCUT2D eigenvalue weighted by Crippen LogP contribution is 2.26. The van der Waals surface area contributed by atoms with Gasteiger partial charge in [-0.25, -0.2) is 9.50 Å². The van der Waals surface area contributed by atoms with Gasteiger partial charge in [-0.3, -0.25) is 0 Å². The predicted octanol–water partition coefficient (Wildman–Crippen LogP) is 2.93. The second kappa shape index (κ2) is 3.57. The van der Waals surface area contributed by atoms with E-state index in [2.05, 4.69) is 26.0 Å². The quantitative estimate of drug-likeness (QED) is 0.751. The van der Waals surface area contributed by atoms with Crippen molar-refractivity contribution < 1.29 is 5.11 Å². The highest BCUT2D eigenvalue weighted by Gasteiger charge is 2.08. The van der Waals surface area contributed by atoms with E-state index in [1.54, 1.807) is 22.7 Å². The molecule has 0 fully saturated rings. The van der Waals surface area contributed by atoms with Crippen LogP contribution in [0.15, 0.2) is 34.4 Å². The summed E-state index contributed by atoms with van der Waals surface area (Å²) in [5, 5.41) is 13.6. The van der Waals surface area contributed by atoms with Gasteiger partial charge in [-0.2, -0.15) is 0 Å². The normalized spacial score (nSPS) is 11.1. The molecule has 2 aromatic heterocycles. The fourth-order valence-electron chi connectivity index (χ4n) is 1.48. The number of rotatable bonds is 1. The molecule has 0 saturated heterocycles. The molecule has 0 radical (unpaired) electrons. The maximum atomic E-state index is 9.39. The first-order valence-corrected chi connectivity index (χ1v) is 6.14. The Labute approximate surface area is 103 Å². The lowest BCUT2D eigenvalue weighted by molar-refractivity contribution is 0.475. The van der Waals surface area contributed by atoms with Gasteiger partial charge in [0.15, 0.2) is 3.92 Å². The molecule has 16 heavy (non-hydrogen) atoms. The summed E-state index contributed by atoms with van der Waals surface area (Å²) in [6.07, 6.45) is 1.84. The first kappa shape index (κ1) is 9.80. The van der Waals surface area contributed by atoms with Crippen molar-refractivity contribution in [1.82, 2.24) is 14.6 Å². The molecule has 4 nitrogen and oxygen atoms in total. The van der Waals surface area contributed by atoms with Crippen LogP contribution in [0.5, 0.6) is 5.75 Å². The summed E-state index contributed by atoms with van der Waals surface area (Å²) in [5.74, 6) is 0.239. The van der Waals surface area contributed by atoms with E-state index in [9.17, 15) is 5.11 Å². The van der Waals surface area contributed by atoms with Gasteiger partial charge in [0.25, 0.3) is 0 Å². The van der Waals surface area contributed by atoms with Crippen LogP contribution < -0.4 is 0 Å². The standard InChI is InChI=1S/C10H6BrN3OS/c11-9-13-14-5-8(12-10(14)16-9)6-2-1-3-7(15)4-6/h1-5,15H. The first-order valence-electron chi connectivity index (χ1n) is 4.53. The fraction of sp³-hybridized carbons (Fsp3) is 0. The lowest BCUT2D eigenvalue weighted by Gasteiger charge is -1.96. The third kappa shape index (κ3) is 1.60. The van der Waals surface area contributed by atoms with Crippen LogP contribution >= 0.6 is 27.3 Å². The molecule has 0 saturated carbocycles. The smallest absolute Gasteiger partial charge is 0.213 e. The van der Waals surface area contributed by atoms with Crippen molar-refractivity contribution in [2.45, 2.75) is 0 Å². The molecule has 0 aliphatic carbocycles. The van der Waals surface area contributed by atoms with Crippen LogP contribution in [0.2, 0.25) is 0 Å². The molecule has 6 heteroatoms. The van der Waals surface area contributed by atoms with Crippen LogP contribution in [-0.2, 0) is 0 Å². The van der Waals surface area contributed by atoms with Crippen LogP contribution in [0.4, 0.5) is 0 Å². The van der Waals surface area contributed by atoms with Crippen molar-refractivity contribution in [2.24, 2.45) is 0 Å². The number of fused-ring (bicyclic) bond motifs is 1. The molecule has 1 N–H and O–H groups in total. The Balaban J connectivity index is 2.15. The minimum Gasteiger partial charge on any atom is -0.508 e. The Hall–Kier alpha value is -1.40. The Kier molecular flexibility index (Phi) is 2.19. The van der Waals surface area contributed by atoms with Crippen LogP contribution in [0, 0.1) is 0 Å². The van der Waals surface area contributed by atoms with Crippen molar-refractivity contribution in [3.8, 4) is 17.0 Å². The van der Waals surface area contributed by atoms with Crippen LogP contribution in [0.1, 0.15) is 0 Å². The largest absolute Gasteiger partial charge is 0.508 e. The summed E-state index contributed by atoms with van der Waals surface area (Å²) in [6.45, 7) is 0. The van der Waals surface area contributed by atoms with Crippen LogP contribution in [0.25, 0.3) is 16.2 Å². The van der Waals surface area contributed by atoms with E-state index in [4.69, 9.17) is 0 Å². The van der Waals surface area contributed by atoms with Gasteiger partial charge in [0.2, 0.25) is 4.96 Å². The van der Waals surface area contributed by atoms with Crippen molar-refractivity contribution in [1.29, 1.82) is 0 Å². The molecule has 0 bridgehead atoms. The number of phenols is 1. The number of hydrogen-bond donors (Lipinski definition) is 1. The SMILES string of the molecule is Oc1cccc(-c2cn3nc(Br)sc3n2)c1.